The zero-order valence-electron chi connectivity index (χ0n) is 6.60. The Kier molecular flexibility index (Phi) is 3.54. The van der Waals surface area contributed by atoms with E-state index in [2.05, 4.69) is 4.74 Å². The average Bonchev–Trinajstić information content (AvgIpc) is 1.88. The van der Waals surface area contributed by atoms with Crippen LogP contribution in [0.5, 0.6) is 0 Å². The molecule has 3 nitrogen and oxygen atoms in total. The van der Waals surface area contributed by atoms with Gasteiger partial charge in [0.05, 0.1) is 12.7 Å². The van der Waals surface area contributed by atoms with Crippen LogP contribution < -0.4 is 5.73 Å². The molecule has 0 aliphatic heterocycles. The summed E-state index contributed by atoms with van der Waals surface area (Å²) >= 11 is 0. The first-order chi connectivity index (χ1) is 4.63. The van der Waals surface area contributed by atoms with Gasteiger partial charge in [-0.25, -0.2) is 4.79 Å². The van der Waals surface area contributed by atoms with E-state index in [9.17, 15) is 4.79 Å². The standard InChI is InChI=1S/C7H13NO2/c1-4-6(5(2)8)7(9)10-3/h4,8H2,1-3H3. The topological polar surface area (TPSA) is 52.3 Å². The SMILES string of the molecule is CCC(C(=O)OC)=C(C)N. The lowest BCUT2D eigenvalue weighted by atomic mass is 10.2. The molecule has 0 unspecified atom stereocenters. The van der Waals surface area contributed by atoms with Crippen molar-refractivity contribution in [2.24, 2.45) is 5.73 Å². The second kappa shape index (κ2) is 3.93. The number of methoxy groups -OCH3 is 1. The third-order valence-corrected chi connectivity index (χ3v) is 1.26. The summed E-state index contributed by atoms with van der Waals surface area (Å²) in [5, 5.41) is 0. The van der Waals surface area contributed by atoms with Crippen molar-refractivity contribution in [2.75, 3.05) is 7.11 Å². The van der Waals surface area contributed by atoms with Gasteiger partial charge in [-0.2, -0.15) is 0 Å². The second-order valence-corrected chi connectivity index (χ2v) is 2.01. The van der Waals surface area contributed by atoms with E-state index in [1.807, 2.05) is 6.92 Å². The molecule has 0 saturated heterocycles. The molecule has 0 bridgehead atoms. The van der Waals surface area contributed by atoms with Crippen molar-refractivity contribution in [3.63, 3.8) is 0 Å². The van der Waals surface area contributed by atoms with Gasteiger partial charge in [0.15, 0.2) is 0 Å². The summed E-state index contributed by atoms with van der Waals surface area (Å²) in [6, 6.07) is 0. The molecule has 0 aromatic carbocycles. The zero-order chi connectivity index (χ0) is 8.15. The van der Waals surface area contributed by atoms with Crippen molar-refractivity contribution in [3.05, 3.63) is 11.3 Å². The van der Waals surface area contributed by atoms with Crippen LogP contribution in [0.3, 0.4) is 0 Å². The number of carbonyl (C=O) groups is 1. The lowest BCUT2D eigenvalue weighted by Gasteiger charge is -2.02. The summed E-state index contributed by atoms with van der Waals surface area (Å²) in [5.41, 5.74) is 6.50. The number of hydrogen-bond acceptors (Lipinski definition) is 3. The maximum absolute atomic E-state index is 10.8. The largest absolute Gasteiger partial charge is 0.466 e. The number of esters is 1. The van der Waals surface area contributed by atoms with Gasteiger partial charge in [-0.05, 0) is 13.3 Å². The van der Waals surface area contributed by atoms with Crippen LogP contribution in [0, 0.1) is 0 Å². The Morgan fingerprint density at radius 2 is 2.10 bits per heavy atom. The molecule has 0 radical (unpaired) electrons. The second-order valence-electron chi connectivity index (χ2n) is 2.01. The third-order valence-electron chi connectivity index (χ3n) is 1.26. The van der Waals surface area contributed by atoms with Crippen LogP contribution in [-0.2, 0) is 9.53 Å². The number of allylic oxidation sites excluding steroid dienone is 1. The maximum Gasteiger partial charge on any atom is 0.335 e. The number of ether oxygens (including phenoxy) is 1. The minimum atomic E-state index is -0.331. The van der Waals surface area contributed by atoms with E-state index in [4.69, 9.17) is 5.73 Å². The summed E-state index contributed by atoms with van der Waals surface area (Å²) < 4.78 is 4.49. The van der Waals surface area contributed by atoms with Gasteiger partial charge in [-0.3, -0.25) is 0 Å². The van der Waals surface area contributed by atoms with Gasteiger partial charge in [-0.1, -0.05) is 6.92 Å². The average molecular weight is 143 g/mol. The van der Waals surface area contributed by atoms with E-state index in [0.29, 0.717) is 17.7 Å². The van der Waals surface area contributed by atoms with Crippen molar-refractivity contribution in [1.82, 2.24) is 0 Å². The predicted octanol–water partition coefficient (Wildman–Crippen LogP) is 0.802. The number of carbonyl (C=O) groups excluding carboxylic acids is 1. The highest BCUT2D eigenvalue weighted by atomic mass is 16.5. The van der Waals surface area contributed by atoms with E-state index in [1.165, 1.54) is 7.11 Å². The van der Waals surface area contributed by atoms with Gasteiger partial charge in [0.1, 0.15) is 0 Å². The molecule has 10 heavy (non-hydrogen) atoms. The smallest absolute Gasteiger partial charge is 0.335 e. The van der Waals surface area contributed by atoms with Crippen molar-refractivity contribution in [3.8, 4) is 0 Å². The van der Waals surface area contributed by atoms with E-state index < -0.39 is 0 Å². The van der Waals surface area contributed by atoms with E-state index in [-0.39, 0.29) is 5.97 Å². The molecule has 0 amide bonds. The van der Waals surface area contributed by atoms with Gasteiger partial charge in [0.25, 0.3) is 0 Å². The molecule has 2 N–H and O–H groups in total. The highest BCUT2D eigenvalue weighted by Gasteiger charge is 2.07. The molecule has 0 fully saturated rings. The molecular formula is C7H13NO2. The molecule has 3 heteroatoms. The molecule has 0 heterocycles. The molecule has 0 atom stereocenters. The van der Waals surface area contributed by atoms with E-state index in [0.717, 1.165) is 0 Å². The Hall–Kier alpha value is -0.990. The van der Waals surface area contributed by atoms with Crippen LogP contribution in [0.15, 0.2) is 11.3 Å². The highest BCUT2D eigenvalue weighted by Crippen LogP contribution is 2.05. The van der Waals surface area contributed by atoms with Gasteiger partial charge >= 0.3 is 5.97 Å². The quantitative estimate of drug-likeness (QED) is 0.459. The lowest BCUT2D eigenvalue weighted by Crippen LogP contribution is -2.09. The van der Waals surface area contributed by atoms with Crippen LogP contribution in [-0.4, -0.2) is 13.1 Å². The minimum Gasteiger partial charge on any atom is -0.466 e. The van der Waals surface area contributed by atoms with E-state index in [1.54, 1.807) is 6.92 Å². The summed E-state index contributed by atoms with van der Waals surface area (Å²) in [5.74, 6) is -0.331. The Morgan fingerprint density at radius 1 is 1.60 bits per heavy atom. The van der Waals surface area contributed by atoms with Gasteiger partial charge in [0.2, 0.25) is 0 Å². The van der Waals surface area contributed by atoms with E-state index >= 15 is 0 Å². The first kappa shape index (κ1) is 9.01. The van der Waals surface area contributed by atoms with Crippen LogP contribution in [0.1, 0.15) is 20.3 Å². The normalized spacial score (nSPS) is 12.3. The summed E-state index contributed by atoms with van der Waals surface area (Å²) in [7, 11) is 1.35. The van der Waals surface area contributed by atoms with Gasteiger partial charge in [-0.15, -0.1) is 0 Å². The van der Waals surface area contributed by atoms with Crippen LogP contribution >= 0.6 is 0 Å². The lowest BCUT2D eigenvalue weighted by molar-refractivity contribution is -0.136. The first-order valence-electron chi connectivity index (χ1n) is 3.17. The van der Waals surface area contributed by atoms with Crippen LogP contribution in [0.25, 0.3) is 0 Å². The third kappa shape index (κ3) is 2.09. The van der Waals surface area contributed by atoms with Crippen molar-refractivity contribution >= 4 is 5.97 Å². The molecule has 0 aliphatic rings. The monoisotopic (exact) mass is 143 g/mol. The molecule has 0 saturated carbocycles. The summed E-state index contributed by atoms with van der Waals surface area (Å²) in [6.45, 7) is 3.55. The predicted molar refractivity (Wildman–Crippen MR) is 39.2 cm³/mol. The molecule has 0 aromatic rings. The Morgan fingerprint density at radius 3 is 2.20 bits per heavy atom. The highest BCUT2D eigenvalue weighted by molar-refractivity contribution is 5.88. The Bertz CT molecular complexity index is 157. The zero-order valence-corrected chi connectivity index (χ0v) is 6.60. The fourth-order valence-corrected chi connectivity index (χ4v) is 0.707. The number of hydrogen-bond donors (Lipinski definition) is 1. The molecule has 0 rings (SSSR count). The summed E-state index contributed by atoms with van der Waals surface area (Å²) in [6.07, 6.45) is 0.620. The summed E-state index contributed by atoms with van der Waals surface area (Å²) in [4.78, 5) is 10.8. The molecule has 0 aliphatic carbocycles. The molecule has 0 spiro atoms. The fourth-order valence-electron chi connectivity index (χ4n) is 0.707. The van der Waals surface area contributed by atoms with Crippen LogP contribution in [0.2, 0.25) is 0 Å². The Labute approximate surface area is 60.9 Å². The Balaban J connectivity index is 4.37. The molecule has 58 valence electrons. The van der Waals surface area contributed by atoms with Gasteiger partial charge in [0, 0.05) is 5.70 Å². The van der Waals surface area contributed by atoms with Crippen molar-refractivity contribution in [1.29, 1.82) is 0 Å². The maximum atomic E-state index is 10.8. The van der Waals surface area contributed by atoms with Crippen molar-refractivity contribution < 1.29 is 9.53 Å². The molecular weight excluding hydrogens is 130 g/mol. The fraction of sp³-hybridized carbons (Fsp3) is 0.571. The number of nitrogens with two attached hydrogens (primary N) is 1. The van der Waals surface area contributed by atoms with Crippen molar-refractivity contribution in [2.45, 2.75) is 20.3 Å². The molecule has 0 aromatic heterocycles. The van der Waals surface area contributed by atoms with Gasteiger partial charge < -0.3 is 10.5 Å². The first-order valence-corrected chi connectivity index (χ1v) is 3.17. The minimum absolute atomic E-state index is 0.331. The number of rotatable bonds is 2. The van der Waals surface area contributed by atoms with Crippen LogP contribution in [0.4, 0.5) is 0 Å².